The Hall–Kier alpha value is -3.08. The average molecular weight is 328 g/mol. The molecule has 5 nitrogen and oxygen atoms in total. The van der Waals surface area contributed by atoms with E-state index in [1.807, 2.05) is 35.0 Å². The summed E-state index contributed by atoms with van der Waals surface area (Å²) in [4.78, 5) is 13.0. The molecule has 0 aliphatic carbocycles. The normalized spacial score (nSPS) is 14.7. The molecule has 5 rings (SSSR count). The summed E-state index contributed by atoms with van der Waals surface area (Å²) in [7, 11) is 1.95. The first-order chi connectivity index (χ1) is 12.2. The third-order valence-electron chi connectivity index (χ3n) is 4.78. The van der Waals surface area contributed by atoms with Crippen molar-refractivity contribution in [2.45, 2.75) is 6.92 Å². The van der Waals surface area contributed by atoms with Gasteiger partial charge in [0.2, 0.25) is 0 Å². The van der Waals surface area contributed by atoms with Crippen molar-refractivity contribution in [3.05, 3.63) is 67.4 Å². The van der Waals surface area contributed by atoms with Crippen LogP contribution < -0.4 is 9.80 Å². The number of furan rings is 1. The van der Waals surface area contributed by atoms with Crippen molar-refractivity contribution in [3.63, 3.8) is 0 Å². The Kier molecular flexibility index (Phi) is 2.83. The van der Waals surface area contributed by atoms with Gasteiger partial charge in [0, 0.05) is 30.2 Å². The van der Waals surface area contributed by atoms with Crippen LogP contribution in [0.2, 0.25) is 0 Å². The molecule has 0 saturated carbocycles. The van der Waals surface area contributed by atoms with Gasteiger partial charge >= 0.3 is 0 Å². The molecule has 0 spiro atoms. The molecule has 1 aliphatic heterocycles. The lowest BCUT2D eigenvalue weighted by Crippen LogP contribution is -2.28. The number of para-hydroxylation sites is 1. The highest BCUT2D eigenvalue weighted by atomic mass is 16.3. The molecule has 0 N–H and O–H groups in total. The van der Waals surface area contributed by atoms with Crippen LogP contribution in [0.4, 0.5) is 17.3 Å². The maximum absolute atomic E-state index is 6.23. The number of aryl methyl sites for hydroxylation is 1. The molecule has 25 heavy (non-hydrogen) atoms. The zero-order valence-electron chi connectivity index (χ0n) is 14.0. The van der Waals surface area contributed by atoms with E-state index in [0.29, 0.717) is 0 Å². The molecule has 0 amide bonds. The van der Waals surface area contributed by atoms with Crippen LogP contribution in [0.1, 0.15) is 5.56 Å². The van der Waals surface area contributed by atoms with Crippen LogP contribution in [0.25, 0.3) is 21.9 Å². The predicted molar refractivity (Wildman–Crippen MR) is 99.6 cm³/mol. The van der Waals surface area contributed by atoms with Gasteiger partial charge in [-0.15, -0.1) is 0 Å². The second-order valence-electron chi connectivity index (χ2n) is 6.22. The minimum Gasteiger partial charge on any atom is -0.454 e. The Morgan fingerprint density at radius 2 is 1.72 bits per heavy atom. The number of nitrogens with zero attached hydrogens (tertiary/aromatic N) is 4. The topological polar surface area (TPSA) is 45.4 Å². The van der Waals surface area contributed by atoms with Crippen LogP contribution in [0.3, 0.4) is 0 Å². The third-order valence-corrected chi connectivity index (χ3v) is 4.78. The van der Waals surface area contributed by atoms with Gasteiger partial charge in [0.15, 0.2) is 23.4 Å². The number of fused-ring (bicyclic) bond motifs is 4. The molecule has 0 fully saturated rings. The second kappa shape index (κ2) is 4.96. The number of hydrogen-bond acceptors (Lipinski definition) is 5. The van der Waals surface area contributed by atoms with Crippen molar-refractivity contribution in [2.75, 3.05) is 16.8 Å². The van der Waals surface area contributed by atoms with Crippen molar-refractivity contribution in [1.82, 2.24) is 9.97 Å². The van der Waals surface area contributed by atoms with E-state index in [2.05, 4.69) is 42.0 Å². The number of rotatable bonds is 1. The summed E-state index contributed by atoms with van der Waals surface area (Å²) in [6, 6.07) is 12.3. The van der Waals surface area contributed by atoms with E-state index in [1.54, 1.807) is 12.4 Å². The van der Waals surface area contributed by atoms with Crippen molar-refractivity contribution in [2.24, 2.45) is 0 Å². The van der Waals surface area contributed by atoms with E-state index >= 15 is 0 Å². The highest BCUT2D eigenvalue weighted by Crippen LogP contribution is 2.48. The van der Waals surface area contributed by atoms with Crippen molar-refractivity contribution in [1.29, 1.82) is 0 Å². The van der Waals surface area contributed by atoms with E-state index in [0.717, 1.165) is 51.0 Å². The average Bonchev–Trinajstić information content (AvgIpc) is 3.12. The molecule has 2 aromatic carbocycles. The van der Waals surface area contributed by atoms with Crippen LogP contribution in [0, 0.1) is 20.0 Å². The summed E-state index contributed by atoms with van der Waals surface area (Å²) in [5, 5.41) is 2.19. The highest BCUT2D eigenvalue weighted by molar-refractivity contribution is 6.10. The standard InChI is InChI=1S/C20H16N4O/c1-12-8-9-15-14-6-4-5-7-16(14)25-18(15)17(12)24-13(2)23(3)19-20(24)22-11-10-21-19/h4-11H,2H2,1,3H3. The fourth-order valence-electron chi connectivity index (χ4n) is 3.50. The largest absolute Gasteiger partial charge is 0.454 e. The molecule has 5 heteroatoms. The fourth-order valence-corrected chi connectivity index (χ4v) is 3.50. The van der Waals surface area contributed by atoms with Crippen molar-refractivity contribution in [3.8, 4) is 0 Å². The molecule has 2 aromatic heterocycles. The summed E-state index contributed by atoms with van der Waals surface area (Å²) in [6.07, 6.45) is 4.20. The van der Waals surface area contributed by atoms with Gasteiger partial charge in [-0.05, 0) is 25.5 Å². The zero-order chi connectivity index (χ0) is 17.1. The lowest BCUT2D eigenvalue weighted by molar-refractivity contribution is 0.667. The fraction of sp³-hybridized carbons (Fsp3) is 0.100. The zero-order valence-corrected chi connectivity index (χ0v) is 14.0. The van der Waals surface area contributed by atoms with Gasteiger partial charge < -0.3 is 9.32 Å². The number of benzene rings is 2. The molecular weight excluding hydrogens is 312 g/mol. The van der Waals surface area contributed by atoms with Gasteiger partial charge in [0.1, 0.15) is 5.58 Å². The van der Waals surface area contributed by atoms with E-state index in [1.165, 1.54) is 0 Å². The van der Waals surface area contributed by atoms with E-state index in [9.17, 15) is 0 Å². The monoisotopic (exact) mass is 328 g/mol. The van der Waals surface area contributed by atoms with Crippen LogP contribution >= 0.6 is 0 Å². The van der Waals surface area contributed by atoms with Crippen LogP contribution in [0.15, 0.2) is 53.2 Å². The summed E-state index contributed by atoms with van der Waals surface area (Å²) < 4.78 is 6.23. The van der Waals surface area contributed by atoms with Crippen LogP contribution in [-0.2, 0) is 0 Å². The van der Waals surface area contributed by atoms with Gasteiger partial charge in [0.25, 0.3) is 0 Å². The Bertz CT molecular complexity index is 1120. The van der Waals surface area contributed by atoms with Crippen molar-refractivity contribution >= 4 is 39.3 Å². The Morgan fingerprint density at radius 1 is 0.960 bits per heavy atom. The molecule has 0 unspecified atom stereocenters. The maximum Gasteiger partial charge on any atom is 0.178 e. The maximum atomic E-state index is 6.23. The molecular formula is C20H16N4O. The number of anilines is 3. The highest BCUT2D eigenvalue weighted by Gasteiger charge is 2.37. The number of hydrogen-bond donors (Lipinski definition) is 0. The molecule has 122 valence electrons. The molecule has 0 atom stereocenters. The lowest BCUT2D eigenvalue weighted by Gasteiger charge is -2.26. The minimum absolute atomic E-state index is 0.769. The quantitative estimate of drug-likeness (QED) is 0.511. The first-order valence-corrected chi connectivity index (χ1v) is 8.11. The van der Waals surface area contributed by atoms with Gasteiger partial charge in [-0.25, -0.2) is 9.97 Å². The molecule has 2 radical (unpaired) electrons. The summed E-state index contributed by atoms with van der Waals surface area (Å²) in [5.74, 6) is 1.56. The predicted octanol–water partition coefficient (Wildman–Crippen LogP) is 4.60. The molecule has 0 bridgehead atoms. The van der Waals surface area contributed by atoms with Crippen LogP contribution in [-0.4, -0.2) is 17.0 Å². The lowest BCUT2D eigenvalue weighted by atomic mass is 10.1. The van der Waals surface area contributed by atoms with E-state index in [-0.39, 0.29) is 0 Å². The minimum atomic E-state index is 0.769. The van der Waals surface area contributed by atoms with Gasteiger partial charge in [0.05, 0.1) is 5.69 Å². The van der Waals surface area contributed by atoms with Gasteiger partial charge in [-0.1, -0.05) is 30.3 Å². The molecule has 4 aromatic rings. The Balaban J connectivity index is 1.85. The summed E-state index contributed by atoms with van der Waals surface area (Å²) >= 11 is 0. The van der Waals surface area contributed by atoms with E-state index in [4.69, 9.17) is 4.42 Å². The van der Waals surface area contributed by atoms with Gasteiger partial charge in [-0.2, -0.15) is 0 Å². The Morgan fingerprint density at radius 3 is 2.56 bits per heavy atom. The molecule has 1 aliphatic rings. The Labute approximate surface area is 145 Å². The summed E-state index contributed by atoms with van der Waals surface area (Å²) in [5.41, 5.74) is 3.78. The van der Waals surface area contributed by atoms with E-state index < -0.39 is 0 Å². The summed E-state index contributed by atoms with van der Waals surface area (Å²) in [6.45, 7) is 6.31. The third kappa shape index (κ3) is 1.83. The second-order valence-corrected chi connectivity index (χ2v) is 6.22. The van der Waals surface area contributed by atoms with Crippen molar-refractivity contribution < 1.29 is 4.42 Å². The number of aromatic nitrogens is 2. The molecule has 3 heterocycles. The van der Waals surface area contributed by atoms with Gasteiger partial charge in [-0.3, -0.25) is 4.90 Å². The SMILES string of the molecule is [CH2][C]1N(C)c2nccnc2N1c1c(C)ccc2c1oc1ccccc12. The first-order valence-electron chi connectivity index (χ1n) is 8.11. The molecule has 0 saturated heterocycles. The van der Waals surface area contributed by atoms with Crippen LogP contribution in [0.5, 0.6) is 0 Å². The first kappa shape index (κ1) is 14.3. The smallest absolute Gasteiger partial charge is 0.178 e.